The molecular weight excluding hydrogens is 348 g/mol. The number of hydrogen-bond donors (Lipinski definition) is 4. The number of pyridine rings is 1. The monoisotopic (exact) mass is 359 g/mol. The van der Waals surface area contributed by atoms with Crippen LogP contribution >= 0.6 is 31.1 Å². The van der Waals surface area contributed by atoms with E-state index in [-0.39, 0.29) is 12.8 Å². The van der Waals surface area contributed by atoms with Gasteiger partial charge in [0.15, 0.2) is 5.40 Å². The highest BCUT2D eigenvalue weighted by Gasteiger charge is 2.42. The average molecular weight is 360 g/mol. The molecule has 1 aromatic heterocycles. The number of aryl methyl sites for hydroxylation is 1. The van der Waals surface area contributed by atoms with E-state index in [2.05, 4.69) is 20.9 Å². The van der Waals surface area contributed by atoms with Crippen molar-refractivity contribution in [1.29, 1.82) is 0 Å². The molecule has 0 spiro atoms. The fourth-order valence-corrected chi connectivity index (χ4v) is 4.35. The largest absolute Gasteiger partial charge is 0.340 e. The van der Waals surface area contributed by atoms with E-state index < -0.39 is 20.6 Å². The lowest BCUT2D eigenvalue weighted by molar-refractivity contribution is 0.335. The Morgan fingerprint density at radius 1 is 1.22 bits per heavy atom. The summed E-state index contributed by atoms with van der Waals surface area (Å²) in [6.07, 6.45) is 1.20. The molecule has 0 bridgehead atoms. The normalized spacial score (nSPS) is 13.0. The van der Waals surface area contributed by atoms with Gasteiger partial charge in [-0.1, -0.05) is 0 Å². The molecule has 0 unspecified atom stereocenters. The second kappa shape index (κ2) is 5.92. The van der Waals surface area contributed by atoms with Gasteiger partial charge in [0, 0.05) is 10.7 Å². The lowest BCUT2D eigenvalue weighted by atomic mass is 10.2. The van der Waals surface area contributed by atoms with Gasteiger partial charge in [-0.2, -0.15) is 0 Å². The topological polar surface area (TPSA) is 128 Å². The Kier molecular flexibility index (Phi) is 5.26. The lowest BCUT2D eigenvalue weighted by Gasteiger charge is -2.19. The first-order valence-corrected chi connectivity index (χ1v) is 8.98. The summed E-state index contributed by atoms with van der Waals surface area (Å²) in [6, 6.07) is 3.35. The Morgan fingerprint density at radius 2 is 1.78 bits per heavy atom. The van der Waals surface area contributed by atoms with E-state index in [1.807, 2.05) is 0 Å². The average Bonchev–Trinajstić information content (AvgIpc) is 2.17. The Morgan fingerprint density at radius 3 is 2.22 bits per heavy atom. The summed E-state index contributed by atoms with van der Waals surface area (Å²) >= 11 is 3.20. The van der Waals surface area contributed by atoms with Crippen molar-refractivity contribution in [3.8, 4) is 0 Å². The minimum absolute atomic E-state index is 0.0578. The zero-order valence-electron chi connectivity index (χ0n) is 9.05. The van der Waals surface area contributed by atoms with Gasteiger partial charge in [0.05, 0.1) is 5.69 Å². The van der Waals surface area contributed by atoms with E-state index in [4.69, 9.17) is 19.6 Å². The maximum absolute atomic E-state index is 11.1. The first kappa shape index (κ1) is 16.0. The Bertz CT molecular complexity index is 490. The summed E-state index contributed by atoms with van der Waals surface area (Å²) in [5, 5.41) is -1.99. The second-order valence-electron chi connectivity index (χ2n) is 3.63. The number of hydrogen-bond acceptors (Lipinski definition) is 3. The van der Waals surface area contributed by atoms with E-state index in [0.717, 1.165) is 0 Å². The van der Waals surface area contributed by atoms with Crippen molar-refractivity contribution in [2.45, 2.75) is 18.2 Å². The van der Waals surface area contributed by atoms with Crippen LogP contribution in [0.2, 0.25) is 0 Å². The zero-order chi connectivity index (χ0) is 14.0. The number of halogens is 1. The van der Waals surface area contributed by atoms with Crippen LogP contribution in [0.25, 0.3) is 0 Å². The summed E-state index contributed by atoms with van der Waals surface area (Å²) in [6.45, 7) is 0. The van der Waals surface area contributed by atoms with Crippen molar-refractivity contribution in [2.24, 2.45) is 0 Å². The van der Waals surface area contributed by atoms with Gasteiger partial charge >= 0.3 is 15.2 Å². The van der Waals surface area contributed by atoms with Crippen LogP contribution in [-0.4, -0.2) is 30.0 Å². The lowest BCUT2D eigenvalue weighted by Crippen LogP contribution is -2.11. The van der Waals surface area contributed by atoms with E-state index in [1.165, 1.54) is 6.20 Å². The molecule has 0 aliphatic heterocycles. The number of nitrogens with zero attached hydrogens (tertiary/aromatic N) is 1. The SMILES string of the molecule is O=P(O)(O)C(CCc1ncccc1Br)P(=O)(O)O. The molecule has 0 saturated heterocycles. The molecule has 0 radical (unpaired) electrons. The first-order valence-electron chi connectivity index (χ1n) is 4.82. The Hall–Kier alpha value is -0.0700. The Labute approximate surface area is 112 Å². The van der Waals surface area contributed by atoms with Crippen LogP contribution < -0.4 is 0 Å². The van der Waals surface area contributed by atoms with Crippen LogP contribution in [0.3, 0.4) is 0 Å². The van der Waals surface area contributed by atoms with Gasteiger partial charge in [0.2, 0.25) is 0 Å². The fraction of sp³-hybridized carbons (Fsp3) is 0.375. The third-order valence-corrected chi connectivity index (χ3v) is 6.85. The standard InChI is InChI=1S/C8H12BrNO6P2/c9-6-2-1-5-10-7(6)3-4-8(17(11,12)13)18(14,15)16/h1-2,5,8H,3-4H2,(H2,11,12,13)(H2,14,15,16). The predicted molar refractivity (Wildman–Crippen MR) is 68.1 cm³/mol. The predicted octanol–water partition coefficient (Wildman–Crippen LogP) is 1.46. The van der Waals surface area contributed by atoms with E-state index >= 15 is 0 Å². The van der Waals surface area contributed by atoms with Gasteiger partial charge in [-0.25, -0.2) is 0 Å². The van der Waals surface area contributed by atoms with Crippen molar-refractivity contribution in [3.05, 3.63) is 28.5 Å². The highest BCUT2D eigenvalue weighted by molar-refractivity contribution is 9.10. The molecule has 1 rings (SSSR count). The van der Waals surface area contributed by atoms with Crippen molar-refractivity contribution in [1.82, 2.24) is 4.98 Å². The minimum Gasteiger partial charge on any atom is -0.324 e. The highest BCUT2D eigenvalue weighted by Crippen LogP contribution is 2.61. The van der Waals surface area contributed by atoms with Gasteiger partial charge in [0.1, 0.15) is 0 Å². The molecular formula is C8H12BrNO6P2. The molecule has 0 atom stereocenters. The van der Waals surface area contributed by atoms with Crippen molar-refractivity contribution in [2.75, 3.05) is 0 Å². The van der Waals surface area contributed by atoms with Crippen molar-refractivity contribution < 1.29 is 28.7 Å². The van der Waals surface area contributed by atoms with Crippen LogP contribution in [0.5, 0.6) is 0 Å². The maximum atomic E-state index is 11.1. The van der Waals surface area contributed by atoms with Gasteiger partial charge in [-0.05, 0) is 40.9 Å². The molecule has 4 N–H and O–H groups in total. The molecule has 0 aliphatic carbocycles. The van der Waals surface area contributed by atoms with Gasteiger partial charge < -0.3 is 19.6 Å². The highest BCUT2D eigenvalue weighted by atomic mass is 79.9. The quantitative estimate of drug-likeness (QED) is 0.585. The smallest absolute Gasteiger partial charge is 0.324 e. The third kappa shape index (κ3) is 4.55. The third-order valence-electron chi connectivity index (χ3n) is 2.25. The van der Waals surface area contributed by atoms with Gasteiger partial charge in [-0.15, -0.1) is 0 Å². The maximum Gasteiger partial charge on any atom is 0.340 e. The van der Waals surface area contributed by atoms with E-state index in [1.54, 1.807) is 12.1 Å². The van der Waals surface area contributed by atoms with Crippen molar-refractivity contribution in [3.63, 3.8) is 0 Å². The molecule has 7 nitrogen and oxygen atoms in total. The number of rotatable bonds is 5. The van der Waals surface area contributed by atoms with Gasteiger partial charge in [-0.3, -0.25) is 14.1 Å². The summed E-state index contributed by atoms with van der Waals surface area (Å²) < 4.78 is 22.7. The Balaban J connectivity index is 2.86. The van der Waals surface area contributed by atoms with Gasteiger partial charge in [0.25, 0.3) is 0 Å². The fourth-order valence-electron chi connectivity index (χ4n) is 1.40. The molecule has 0 aromatic carbocycles. The molecule has 0 saturated carbocycles. The van der Waals surface area contributed by atoms with Crippen LogP contribution in [0, 0.1) is 0 Å². The zero-order valence-corrected chi connectivity index (χ0v) is 12.4. The minimum atomic E-state index is -4.86. The molecule has 0 aliphatic rings. The van der Waals surface area contributed by atoms with Crippen LogP contribution in [0.15, 0.2) is 22.8 Å². The first-order chi connectivity index (χ1) is 8.12. The summed E-state index contributed by atoms with van der Waals surface area (Å²) in [5.41, 5.74) is 0.490. The summed E-state index contributed by atoms with van der Waals surface area (Å²) in [7, 11) is -9.71. The molecule has 1 aromatic rings. The van der Waals surface area contributed by atoms with Crippen LogP contribution in [0.4, 0.5) is 0 Å². The second-order valence-corrected chi connectivity index (χ2v) is 8.49. The molecule has 0 fully saturated rings. The van der Waals surface area contributed by atoms with Crippen LogP contribution in [0.1, 0.15) is 12.1 Å². The molecule has 102 valence electrons. The van der Waals surface area contributed by atoms with E-state index in [0.29, 0.717) is 10.2 Å². The van der Waals surface area contributed by atoms with Crippen LogP contribution in [-0.2, 0) is 15.6 Å². The molecule has 1 heterocycles. The molecule has 10 heteroatoms. The molecule has 0 amide bonds. The number of aromatic nitrogens is 1. The summed E-state index contributed by atoms with van der Waals surface area (Å²) in [5.74, 6) is 0. The summed E-state index contributed by atoms with van der Waals surface area (Å²) in [4.78, 5) is 39.8. The van der Waals surface area contributed by atoms with Crippen molar-refractivity contribution >= 4 is 31.1 Å². The molecule has 18 heavy (non-hydrogen) atoms. The van der Waals surface area contributed by atoms with E-state index in [9.17, 15) is 9.13 Å².